The Labute approximate surface area is 208 Å². The van der Waals surface area contributed by atoms with Crippen LogP contribution in [0.15, 0.2) is 67.1 Å². The Bertz CT molecular complexity index is 1580. The SMILES string of the molecule is Fc1cccc(-c2cccc3[nH]c(-c4[nH]ncc4C#Cc4cncc(CC5CCNCC5)c4)nc23)c1. The largest absolute Gasteiger partial charge is 0.337 e. The minimum Gasteiger partial charge on any atom is -0.337 e. The first-order valence-electron chi connectivity index (χ1n) is 12.2. The fourth-order valence-electron chi connectivity index (χ4n) is 4.83. The van der Waals surface area contributed by atoms with Crippen LogP contribution < -0.4 is 5.32 Å². The summed E-state index contributed by atoms with van der Waals surface area (Å²) >= 11 is 0. The van der Waals surface area contributed by atoms with Crippen LogP contribution in [0.1, 0.15) is 29.5 Å². The number of nitrogens with one attached hydrogen (secondary N) is 3. The van der Waals surface area contributed by atoms with E-state index < -0.39 is 0 Å². The van der Waals surface area contributed by atoms with Crippen LogP contribution in [0, 0.1) is 23.6 Å². The minimum absolute atomic E-state index is 0.277. The Kier molecular flexibility index (Phi) is 6.02. The summed E-state index contributed by atoms with van der Waals surface area (Å²) in [4.78, 5) is 12.6. The van der Waals surface area contributed by atoms with E-state index in [9.17, 15) is 4.39 Å². The fraction of sp³-hybridized carbons (Fsp3) is 0.207. The first-order valence-corrected chi connectivity index (χ1v) is 12.2. The summed E-state index contributed by atoms with van der Waals surface area (Å²) in [6, 6.07) is 14.5. The van der Waals surface area contributed by atoms with E-state index in [-0.39, 0.29) is 5.82 Å². The maximum Gasteiger partial charge on any atom is 0.157 e. The number of hydrogen-bond donors (Lipinski definition) is 3. The lowest BCUT2D eigenvalue weighted by Crippen LogP contribution is -2.28. The number of hydrogen-bond acceptors (Lipinski definition) is 4. The van der Waals surface area contributed by atoms with Gasteiger partial charge in [-0.3, -0.25) is 10.1 Å². The van der Waals surface area contributed by atoms with E-state index in [0.29, 0.717) is 17.4 Å². The van der Waals surface area contributed by atoms with Gasteiger partial charge in [-0.25, -0.2) is 9.37 Å². The van der Waals surface area contributed by atoms with E-state index in [4.69, 9.17) is 4.98 Å². The van der Waals surface area contributed by atoms with Crippen molar-refractivity contribution >= 4 is 11.0 Å². The molecule has 7 heteroatoms. The summed E-state index contributed by atoms with van der Waals surface area (Å²) in [5.74, 6) is 7.53. The predicted octanol–water partition coefficient (Wildman–Crippen LogP) is 5.10. The normalized spacial score (nSPS) is 14.0. The highest BCUT2D eigenvalue weighted by Gasteiger charge is 2.15. The van der Waals surface area contributed by atoms with Crippen molar-refractivity contribution in [2.45, 2.75) is 19.3 Å². The summed E-state index contributed by atoms with van der Waals surface area (Å²) in [7, 11) is 0. The predicted molar refractivity (Wildman–Crippen MR) is 139 cm³/mol. The number of benzene rings is 2. The van der Waals surface area contributed by atoms with E-state index in [1.54, 1.807) is 18.5 Å². The summed E-state index contributed by atoms with van der Waals surface area (Å²) in [5, 5.41) is 10.7. The molecule has 3 N–H and O–H groups in total. The quantitative estimate of drug-likeness (QED) is 0.315. The van der Waals surface area contributed by atoms with E-state index in [1.165, 1.54) is 30.5 Å². The summed E-state index contributed by atoms with van der Waals surface area (Å²) in [6.07, 6.45) is 8.88. The molecule has 2 aromatic carbocycles. The van der Waals surface area contributed by atoms with Crippen LogP contribution in [0.25, 0.3) is 33.7 Å². The summed E-state index contributed by atoms with van der Waals surface area (Å²) < 4.78 is 13.8. The zero-order valence-electron chi connectivity index (χ0n) is 19.7. The van der Waals surface area contributed by atoms with Crippen LogP contribution in [0.5, 0.6) is 0 Å². The molecule has 5 aromatic rings. The molecule has 1 aliphatic rings. The maximum atomic E-state index is 13.8. The molecule has 0 unspecified atom stereocenters. The van der Waals surface area contributed by atoms with Gasteiger partial charge in [0.25, 0.3) is 0 Å². The topological polar surface area (TPSA) is 82.3 Å². The number of halogens is 1. The highest BCUT2D eigenvalue weighted by atomic mass is 19.1. The molecule has 0 amide bonds. The highest BCUT2D eigenvalue weighted by Crippen LogP contribution is 2.30. The van der Waals surface area contributed by atoms with Crippen LogP contribution in [0.4, 0.5) is 4.39 Å². The Balaban J connectivity index is 1.29. The molecule has 0 saturated carbocycles. The molecule has 36 heavy (non-hydrogen) atoms. The van der Waals surface area contributed by atoms with E-state index in [2.05, 4.69) is 43.4 Å². The second kappa shape index (κ2) is 9.76. The molecular formula is C29H25FN6. The number of nitrogens with zero attached hydrogens (tertiary/aromatic N) is 3. The third-order valence-electron chi connectivity index (χ3n) is 6.64. The number of H-pyrrole nitrogens is 2. The lowest BCUT2D eigenvalue weighted by Gasteiger charge is -2.22. The summed E-state index contributed by atoms with van der Waals surface area (Å²) in [6.45, 7) is 2.18. The van der Waals surface area contributed by atoms with Gasteiger partial charge in [0.1, 0.15) is 11.5 Å². The molecule has 0 bridgehead atoms. The van der Waals surface area contributed by atoms with Gasteiger partial charge in [-0.2, -0.15) is 5.10 Å². The van der Waals surface area contributed by atoms with Crippen molar-refractivity contribution in [1.82, 2.24) is 30.5 Å². The van der Waals surface area contributed by atoms with Crippen molar-refractivity contribution in [3.63, 3.8) is 0 Å². The lowest BCUT2D eigenvalue weighted by atomic mass is 9.91. The van der Waals surface area contributed by atoms with Crippen molar-refractivity contribution in [2.75, 3.05) is 13.1 Å². The Morgan fingerprint density at radius 1 is 0.972 bits per heavy atom. The molecule has 4 heterocycles. The standard InChI is InChI=1S/C29H25FN6/c30-24-4-1-3-22(15-24)25-5-2-6-26-28(25)35-29(34-26)27-23(18-33-36-27)8-7-20-14-21(17-32-16-20)13-19-9-11-31-12-10-19/h1-6,14-19,31H,9-13H2,(H,33,36)(H,34,35). The van der Waals surface area contributed by atoms with Gasteiger partial charge in [-0.05, 0) is 73.7 Å². The average Bonchev–Trinajstić information content (AvgIpc) is 3.55. The number of aromatic nitrogens is 5. The van der Waals surface area contributed by atoms with Gasteiger partial charge in [-0.15, -0.1) is 0 Å². The number of rotatable bonds is 4. The number of imidazole rings is 1. The molecule has 0 radical (unpaired) electrons. The number of fused-ring (bicyclic) bond motifs is 1. The first-order chi connectivity index (χ1) is 17.7. The molecule has 1 fully saturated rings. The van der Waals surface area contributed by atoms with Gasteiger partial charge in [0.2, 0.25) is 0 Å². The van der Waals surface area contributed by atoms with Crippen molar-refractivity contribution in [1.29, 1.82) is 0 Å². The molecule has 178 valence electrons. The van der Waals surface area contributed by atoms with Crippen LogP contribution in [0.2, 0.25) is 0 Å². The van der Waals surface area contributed by atoms with Gasteiger partial charge >= 0.3 is 0 Å². The van der Waals surface area contributed by atoms with Crippen LogP contribution in [-0.2, 0) is 6.42 Å². The van der Waals surface area contributed by atoms with E-state index in [1.807, 2.05) is 30.5 Å². The van der Waals surface area contributed by atoms with Crippen molar-refractivity contribution in [3.05, 3.63) is 89.6 Å². The second-order valence-electron chi connectivity index (χ2n) is 9.19. The third kappa shape index (κ3) is 4.64. The molecule has 3 aromatic heterocycles. The van der Waals surface area contributed by atoms with E-state index in [0.717, 1.165) is 52.8 Å². The summed E-state index contributed by atoms with van der Waals surface area (Å²) in [5.41, 5.74) is 6.82. The van der Waals surface area contributed by atoms with Crippen LogP contribution in [0.3, 0.4) is 0 Å². The molecular weight excluding hydrogens is 451 g/mol. The molecule has 1 aliphatic heterocycles. The average molecular weight is 477 g/mol. The fourth-order valence-corrected chi connectivity index (χ4v) is 4.83. The second-order valence-corrected chi connectivity index (χ2v) is 9.19. The molecule has 0 spiro atoms. The number of aromatic amines is 2. The van der Waals surface area contributed by atoms with Gasteiger partial charge < -0.3 is 10.3 Å². The van der Waals surface area contributed by atoms with Gasteiger partial charge in [-0.1, -0.05) is 36.1 Å². The molecule has 1 saturated heterocycles. The molecule has 6 nitrogen and oxygen atoms in total. The van der Waals surface area contributed by atoms with Gasteiger partial charge in [0.05, 0.1) is 22.8 Å². The zero-order chi connectivity index (χ0) is 24.3. The molecule has 0 aliphatic carbocycles. The van der Waals surface area contributed by atoms with Gasteiger partial charge in [0.15, 0.2) is 5.82 Å². The van der Waals surface area contributed by atoms with Crippen LogP contribution >= 0.6 is 0 Å². The van der Waals surface area contributed by atoms with Crippen LogP contribution in [-0.4, -0.2) is 38.2 Å². The van der Waals surface area contributed by atoms with Crippen molar-refractivity contribution in [2.24, 2.45) is 5.92 Å². The minimum atomic E-state index is -0.277. The maximum absolute atomic E-state index is 13.8. The Morgan fingerprint density at radius 3 is 2.75 bits per heavy atom. The van der Waals surface area contributed by atoms with Crippen molar-refractivity contribution < 1.29 is 4.39 Å². The van der Waals surface area contributed by atoms with E-state index >= 15 is 0 Å². The number of pyridine rings is 1. The Morgan fingerprint density at radius 2 is 1.86 bits per heavy atom. The zero-order valence-corrected chi connectivity index (χ0v) is 19.7. The molecule has 0 atom stereocenters. The highest BCUT2D eigenvalue weighted by molar-refractivity contribution is 5.93. The number of piperidine rings is 1. The van der Waals surface area contributed by atoms with Gasteiger partial charge in [0, 0.05) is 23.5 Å². The third-order valence-corrected chi connectivity index (χ3v) is 6.64. The Hall–Kier alpha value is -4.28. The molecule has 6 rings (SSSR count). The lowest BCUT2D eigenvalue weighted by molar-refractivity contribution is 0.372. The monoisotopic (exact) mass is 476 g/mol. The first kappa shape index (κ1) is 22.2. The number of para-hydroxylation sites is 1. The van der Waals surface area contributed by atoms with Crippen molar-refractivity contribution in [3.8, 4) is 34.5 Å². The smallest absolute Gasteiger partial charge is 0.157 e.